The van der Waals surface area contributed by atoms with Gasteiger partial charge in [0.2, 0.25) is 5.91 Å². The number of carbonyl (C=O) groups is 1. The van der Waals surface area contributed by atoms with E-state index < -0.39 is 0 Å². The fourth-order valence-corrected chi connectivity index (χ4v) is 2.84. The van der Waals surface area contributed by atoms with Gasteiger partial charge in [-0.1, -0.05) is 6.92 Å². The number of hydrogen-bond donors (Lipinski definition) is 1. The van der Waals surface area contributed by atoms with Crippen molar-refractivity contribution in [2.75, 3.05) is 26.3 Å². The largest absolute Gasteiger partial charge is 0.378 e. The van der Waals surface area contributed by atoms with Gasteiger partial charge in [0.25, 0.3) is 0 Å². The highest BCUT2D eigenvalue weighted by Crippen LogP contribution is 2.24. The Morgan fingerprint density at radius 2 is 2.06 bits per heavy atom. The highest BCUT2D eigenvalue weighted by atomic mass is 16.5. The average molecular weight is 240 g/mol. The first-order valence-corrected chi connectivity index (χ1v) is 6.79. The van der Waals surface area contributed by atoms with Gasteiger partial charge in [0, 0.05) is 19.1 Å². The van der Waals surface area contributed by atoms with Crippen LogP contribution in [0.1, 0.15) is 33.1 Å². The van der Waals surface area contributed by atoms with Gasteiger partial charge in [-0.2, -0.15) is 0 Å². The summed E-state index contributed by atoms with van der Waals surface area (Å²) in [6.45, 7) is 7.12. The Bertz CT molecular complexity index is 264. The lowest BCUT2D eigenvalue weighted by Gasteiger charge is -2.30. The van der Waals surface area contributed by atoms with Gasteiger partial charge in [0.1, 0.15) is 0 Å². The predicted molar refractivity (Wildman–Crippen MR) is 66.8 cm³/mol. The van der Waals surface area contributed by atoms with Gasteiger partial charge < -0.3 is 15.0 Å². The third-order valence-corrected chi connectivity index (χ3v) is 3.87. The molecule has 1 amide bonds. The van der Waals surface area contributed by atoms with Crippen molar-refractivity contribution in [2.24, 2.45) is 5.92 Å². The summed E-state index contributed by atoms with van der Waals surface area (Å²) in [5.74, 6) is 1.03. The third kappa shape index (κ3) is 3.42. The van der Waals surface area contributed by atoms with Gasteiger partial charge in [0.15, 0.2) is 0 Å². The summed E-state index contributed by atoms with van der Waals surface area (Å²) >= 11 is 0. The van der Waals surface area contributed by atoms with Crippen LogP contribution in [-0.2, 0) is 9.53 Å². The molecule has 4 nitrogen and oxygen atoms in total. The smallest absolute Gasteiger partial charge is 0.239 e. The van der Waals surface area contributed by atoms with Crippen LogP contribution in [0.2, 0.25) is 0 Å². The van der Waals surface area contributed by atoms with Gasteiger partial charge >= 0.3 is 0 Å². The Balaban J connectivity index is 1.78. The van der Waals surface area contributed by atoms with Crippen LogP contribution in [-0.4, -0.2) is 49.2 Å². The maximum absolute atomic E-state index is 12.2. The van der Waals surface area contributed by atoms with Crippen molar-refractivity contribution in [3.8, 4) is 0 Å². The van der Waals surface area contributed by atoms with Crippen LogP contribution in [0.5, 0.6) is 0 Å². The van der Waals surface area contributed by atoms with Crippen LogP contribution in [0.25, 0.3) is 0 Å². The fourth-order valence-electron chi connectivity index (χ4n) is 2.84. The summed E-state index contributed by atoms with van der Waals surface area (Å²) in [5, 5.41) is 3.47. The van der Waals surface area contributed by atoms with E-state index in [1.165, 1.54) is 19.3 Å². The highest BCUT2D eigenvalue weighted by Gasteiger charge is 2.27. The summed E-state index contributed by atoms with van der Waals surface area (Å²) in [6.07, 6.45) is 3.71. The molecule has 17 heavy (non-hydrogen) atoms. The van der Waals surface area contributed by atoms with Gasteiger partial charge in [-0.05, 0) is 32.1 Å². The van der Waals surface area contributed by atoms with Gasteiger partial charge in [-0.15, -0.1) is 0 Å². The normalized spacial score (nSPS) is 31.5. The quantitative estimate of drug-likeness (QED) is 0.800. The van der Waals surface area contributed by atoms with E-state index in [9.17, 15) is 4.79 Å². The Kier molecular flexibility index (Phi) is 4.40. The molecule has 0 aromatic carbocycles. The molecule has 2 rings (SSSR count). The minimum Gasteiger partial charge on any atom is -0.378 e. The minimum atomic E-state index is -0.0524. The van der Waals surface area contributed by atoms with Crippen LogP contribution in [0.3, 0.4) is 0 Å². The molecule has 0 aromatic rings. The first-order valence-electron chi connectivity index (χ1n) is 6.79. The number of ether oxygens (including phenoxy) is 1. The van der Waals surface area contributed by atoms with Crippen molar-refractivity contribution >= 4 is 5.91 Å². The van der Waals surface area contributed by atoms with Crippen LogP contribution >= 0.6 is 0 Å². The zero-order valence-corrected chi connectivity index (χ0v) is 10.9. The van der Waals surface area contributed by atoms with Crippen molar-refractivity contribution in [3.63, 3.8) is 0 Å². The Morgan fingerprint density at radius 3 is 2.65 bits per heavy atom. The lowest BCUT2D eigenvalue weighted by atomic mass is 10.1. The maximum Gasteiger partial charge on any atom is 0.239 e. The molecule has 1 saturated carbocycles. The number of morpholine rings is 1. The summed E-state index contributed by atoms with van der Waals surface area (Å²) in [5.41, 5.74) is 0. The molecule has 4 heteroatoms. The Morgan fingerprint density at radius 1 is 1.35 bits per heavy atom. The van der Waals surface area contributed by atoms with E-state index in [0.717, 1.165) is 19.0 Å². The molecule has 0 spiro atoms. The van der Waals surface area contributed by atoms with Crippen molar-refractivity contribution in [1.29, 1.82) is 0 Å². The summed E-state index contributed by atoms with van der Waals surface area (Å²) in [7, 11) is 0. The number of carbonyl (C=O) groups excluding carboxylic acids is 1. The van der Waals surface area contributed by atoms with E-state index in [1.54, 1.807) is 0 Å². The lowest BCUT2D eigenvalue weighted by Crippen LogP contribution is -2.51. The molecule has 0 aromatic heterocycles. The van der Waals surface area contributed by atoms with Gasteiger partial charge in [-0.3, -0.25) is 4.79 Å². The second-order valence-corrected chi connectivity index (χ2v) is 5.44. The molecule has 3 atom stereocenters. The van der Waals surface area contributed by atoms with Gasteiger partial charge in [-0.25, -0.2) is 0 Å². The molecular weight excluding hydrogens is 216 g/mol. The number of amides is 1. The molecule has 1 heterocycles. The third-order valence-electron chi connectivity index (χ3n) is 3.87. The molecule has 2 fully saturated rings. The number of nitrogens with one attached hydrogen (secondary N) is 1. The summed E-state index contributed by atoms with van der Waals surface area (Å²) in [6, 6.07) is 0.480. The zero-order valence-electron chi connectivity index (χ0n) is 10.9. The molecule has 1 aliphatic carbocycles. The maximum atomic E-state index is 12.2. The van der Waals surface area contributed by atoms with Crippen LogP contribution in [0, 0.1) is 5.92 Å². The number of nitrogens with zero attached hydrogens (tertiary/aromatic N) is 1. The SMILES string of the molecule is CC1CCC(NC(C)C(=O)N2CCOCC2)C1. The van der Waals surface area contributed by atoms with E-state index >= 15 is 0 Å². The van der Waals surface area contributed by atoms with Crippen LogP contribution < -0.4 is 5.32 Å². The molecule has 1 aliphatic heterocycles. The minimum absolute atomic E-state index is 0.0524. The van der Waals surface area contributed by atoms with Crippen LogP contribution in [0.4, 0.5) is 0 Å². The van der Waals surface area contributed by atoms with Crippen molar-refractivity contribution in [1.82, 2.24) is 10.2 Å². The van der Waals surface area contributed by atoms with Crippen molar-refractivity contribution in [3.05, 3.63) is 0 Å². The number of hydrogen-bond acceptors (Lipinski definition) is 3. The standard InChI is InChI=1S/C13H24N2O2/c1-10-3-4-12(9-10)14-11(2)13(16)15-5-7-17-8-6-15/h10-12,14H,3-9H2,1-2H3. The van der Waals surface area contributed by atoms with Gasteiger partial charge in [0.05, 0.1) is 19.3 Å². The molecule has 2 aliphatic rings. The van der Waals surface area contributed by atoms with Crippen molar-refractivity contribution < 1.29 is 9.53 Å². The predicted octanol–water partition coefficient (Wildman–Crippen LogP) is 1.01. The molecule has 1 N–H and O–H groups in total. The Hall–Kier alpha value is -0.610. The zero-order chi connectivity index (χ0) is 12.3. The van der Waals surface area contributed by atoms with E-state index in [4.69, 9.17) is 4.74 Å². The molecule has 98 valence electrons. The van der Waals surface area contributed by atoms with E-state index in [2.05, 4.69) is 12.2 Å². The summed E-state index contributed by atoms with van der Waals surface area (Å²) < 4.78 is 5.26. The average Bonchev–Trinajstić information content (AvgIpc) is 2.75. The highest BCUT2D eigenvalue weighted by molar-refractivity contribution is 5.81. The first kappa shape index (κ1) is 12.8. The lowest BCUT2D eigenvalue weighted by molar-refractivity contribution is -0.137. The second kappa shape index (κ2) is 5.83. The topological polar surface area (TPSA) is 41.6 Å². The molecule has 3 unspecified atom stereocenters. The fraction of sp³-hybridized carbons (Fsp3) is 0.923. The Labute approximate surface area is 104 Å². The molecule has 0 radical (unpaired) electrons. The monoisotopic (exact) mass is 240 g/mol. The van der Waals surface area contributed by atoms with Crippen molar-refractivity contribution in [2.45, 2.75) is 45.2 Å². The van der Waals surface area contributed by atoms with Crippen LogP contribution in [0.15, 0.2) is 0 Å². The van der Waals surface area contributed by atoms with E-state index in [0.29, 0.717) is 19.3 Å². The van der Waals surface area contributed by atoms with E-state index in [-0.39, 0.29) is 11.9 Å². The molecule has 1 saturated heterocycles. The molecule has 0 bridgehead atoms. The second-order valence-electron chi connectivity index (χ2n) is 5.44. The van der Waals surface area contributed by atoms with E-state index in [1.807, 2.05) is 11.8 Å². The molecular formula is C13H24N2O2. The first-order chi connectivity index (χ1) is 8.16. The summed E-state index contributed by atoms with van der Waals surface area (Å²) in [4.78, 5) is 14.1. The number of rotatable bonds is 3.